The summed E-state index contributed by atoms with van der Waals surface area (Å²) in [6.07, 6.45) is 0. The second kappa shape index (κ2) is 4.25. The smallest absolute Gasteiger partial charge is 0.306 e. The van der Waals surface area contributed by atoms with E-state index in [0.29, 0.717) is 18.2 Å². The van der Waals surface area contributed by atoms with Gasteiger partial charge in [-0.25, -0.2) is 0 Å². The summed E-state index contributed by atoms with van der Waals surface area (Å²) in [7, 11) is 0. The zero-order valence-corrected chi connectivity index (χ0v) is 9.55. The van der Waals surface area contributed by atoms with Crippen LogP contribution in [0.15, 0.2) is 12.1 Å². The number of anilines is 1. The summed E-state index contributed by atoms with van der Waals surface area (Å²) in [5.41, 5.74) is 0. The van der Waals surface area contributed by atoms with Crippen molar-refractivity contribution >= 4 is 23.4 Å². The highest BCUT2D eigenvalue weighted by atomic mass is 35.5. The van der Waals surface area contributed by atoms with Crippen LogP contribution in [0.2, 0.25) is 5.15 Å². The van der Waals surface area contributed by atoms with Crippen LogP contribution in [-0.2, 0) is 4.79 Å². The normalized spacial score (nSPS) is 18.0. The van der Waals surface area contributed by atoms with Crippen molar-refractivity contribution in [2.24, 2.45) is 11.8 Å². The number of nitrogens with zero attached hydrogens (tertiary/aromatic N) is 3. The SMILES string of the molecule is CC(C(=O)O)C1CN(c2ccc(Cl)nn2)C1. The standard InChI is InChI=1S/C10H12ClN3O2/c1-6(10(15)16)7-4-14(5-7)9-3-2-8(11)12-13-9/h2-3,6-7H,4-5H2,1H3,(H,15,16). The summed E-state index contributed by atoms with van der Waals surface area (Å²) in [6.45, 7) is 3.16. The Morgan fingerprint density at radius 3 is 2.75 bits per heavy atom. The molecule has 16 heavy (non-hydrogen) atoms. The van der Waals surface area contributed by atoms with Crippen molar-refractivity contribution in [2.75, 3.05) is 18.0 Å². The highest BCUT2D eigenvalue weighted by Gasteiger charge is 2.35. The number of aliphatic carboxylic acids is 1. The molecule has 0 saturated carbocycles. The molecule has 2 rings (SSSR count). The molecule has 5 nitrogen and oxygen atoms in total. The molecule has 0 amide bonds. The Hall–Kier alpha value is -1.36. The molecule has 0 aromatic carbocycles. The fraction of sp³-hybridized carbons (Fsp3) is 0.500. The van der Waals surface area contributed by atoms with Crippen LogP contribution >= 0.6 is 11.6 Å². The topological polar surface area (TPSA) is 66.3 Å². The molecule has 0 aliphatic carbocycles. The monoisotopic (exact) mass is 241 g/mol. The van der Waals surface area contributed by atoms with Crippen LogP contribution in [-0.4, -0.2) is 34.4 Å². The summed E-state index contributed by atoms with van der Waals surface area (Å²) in [4.78, 5) is 12.8. The molecule has 2 heterocycles. The predicted octanol–water partition coefficient (Wildman–Crippen LogP) is 1.29. The van der Waals surface area contributed by atoms with Gasteiger partial charge in [0, 0.05) is 19.0 Å². The molecule has 1 atom stereocenters. The molecule has 0 bridgehead atoms. The number of halogens is 1. The van der Waals surface area contributed by atoms with E-state index in [1.807, 2.05) is 4.90 Å². The summed E-state index contributed by atoms with van der Waals surface area (Å²) in [5.74, 6) is -0.114. The number of aromatic nitrogens is 2. The Bertz CT molecular complexity index is 390. The van der Waals surface area contributed by atoms with Gasteiger partial charge in [0.15, 0.2) is 11.0 Å². The van der Waals surface area contributed by atoms with Crippen molar-refractivity contribution in [2.45, 2.75) is 6.92 Å². The van der Waals surface area contributed by atoms with Gasteiger partial charge in [-0.05, 0) is 12.1 Å². The molecule has 1 saturated heterocycles. The van der Waals surface area contributed by atoms with Gasteiger partial charge >= 0.3 is 5.97 Å². The second-order valence-corrected chi connectivity index (χ2v) is 4.39. The van der Waals surface area contributed by atoms with E-state index in [2.05, 4.69) is 10.2 Å². The van der Waals surface area contributed by atoms with Crippen LogP contribution in [0.5, 0.6) is 0 Å². The lowest BCUT2D eigenvalue weighted by molar-refractivity contribution is -0.143. The average Bonchev–Trinajstić information content (AvgIpc) is 2.18. The number of carboxylic acid groups (broad SMARTS) is 1. The third kappa shape index (κ3) is 2.09. The van der Waals surface area contributed by atoms with Crippen LogP contribution in [0.1, 0.15) is 6.92 Å². The lowest BCUT2D eigenvalue weighted by Gasteiger charge is -2.41. The van der Waals surface area contributed by atoms with Crippen LogP contribution in [0, 0.1) is 11.8 Å². The third-order valence-electron chi connectivity index (χ3n) is 2.95. The molecule has 1 fully saturated rings. The first-order valence-corrected chi connectivity index (χ1v) is 5.42. The Kier molecular flexibility index (Phi) is 2.96. The highest BCUT2D eigenvalue weighted by molar-refractivity contribution is 6.29. The Morgan fingerprint density at radius 2 is 2.25 bits per heavy atom. The molecule has 86 valence electrons. The minimum absolute atomic E-state index is 0.190. The van der Waals surface area contributed by atoms with E-state index < -0.39 is 5.97 Å². The maximum atomic E-state index is 10.8. The van der Waals surface area contributed by atoms with Gasteiger partial charge in [-0.15, -0.1) is 10.2 Å². The number of carbonyl (C=O) groups is 1. The average molecular weight is 242 g/mol. The molecule has 0 radical (unpaired) electrons. The Morgan fingerprint density at radius 1 is 1.56 bits per heavy atom. The molecular weight excluding hydrogens is 230 g/mol. The Balaban J connectivity index is 1.93. The molecule has 1 aromatic rings. The van der Waals surface area contributed by atoms with E-state index in [0.717, 1.165) is 5.82 Å². The zero-order valence-electron chi connectivity index (χ0n) is 8.80. The maximum absolute atomic E-state index is 10.8. The molecule has 0 spiro atoms. The van der Waals surface area contributed by atoms with Crippen molar-refractivity contribution in [1.29, 1.82) is 0 Å². The first-order chi connectivity index (χ1) is 7.58. The van der Waals surface area contributed by atoms with Gasteiger partial charge < -0.3 is 10.0 Å². The lowest BCUT2D eigenvalue weighted by atomic mass is 9.87. The van der Waals surface area contributed by atoms with Crippen molar-refractivity contribution in [3.63, 3.8) is 0 Å². The van der Waals surface area contributed by atoms with E-state index >= 15 is 0 Å². The van der Waals surface area contributed by atoms with Gasteiger partial charge in [0.05, 0.1) is 5.92 Å². The Labute approximate surface area is 98.0 Å². The largest absolute Gasteiger partial charge is 0.481 e. The number of hydrogen-bond acceptors (Lipinski definition) is 4. The number of carboxylic acids is 1. The van der Waals surface area contributed by atoms with Gasteiger partial charge in [-0.2, -0.15) is 0 Å². The van der Waals surface area contributed by atoms with E-state index in [9.17, 15) is 4.79 Å². The zero-order chi connectivity index (χ0) is 11.7. The van der Waals surface area contributed by atoms with E-state index in [1.165, 1.54) is 0 Å². The minimum Gasteiger partial charge on any atom is -0.481 e. The van der Waals surface area contributed by atoms with Crippen molar-refractivity contribution in [1.82, 2.24) is 10.2 Å². The first-order valence-electron chi connectivity index (χ1n) is 5.05. The lowest BCUT2D eigenvalue weighted by Crippen LogP contribution is -2.51. The quantitative estimate of drug-likeness (QED) is 0.864. The van der Waals surface area contributed by atoms with E-state index in [4.69, 9.17) is 16.7 Å². The predicted molar refractivity (Wildman–Crippen MR) is 59.5 cm³/mol. The van der Waals surface area contributed by atoms with Crippen molar-refractivity contribution in [3.8, 4) is 0 Å². The van der Waals surface area contributed by atoms with Crippen molar-refractivity contribution in [3.05, 3.63) is 17.3 Å². The molecule has 6 heteroatoms. The van der Waals surface area contributed by atoms with E-state index in [-0.39, 0.29) is 11.8 Å². The number of hydrogen-bond donors (Lipinski definition) is 1. The molecular formula is C10H12ClN3O2. The number of rotatable bonds is 3. The van der Waals surface area contributed by atoms with Gasteiger partial charge in [-0.3, -0.25) is 4.79 Å². The molecule has 1 unspecified atom stereocenters. The fourth-order valence-electron chi connectivity index (χ4n) is 1.70. The van der Waals surface area contributed by atoms with Crippen LogP contribution in [0.3, 0.4) is 0 Å². The van der Waals surface area contributed by atoms with Crippen LogP contribution in [0.25, 0.3) is 0 Å². The minimum atomic E-state index is -0.744. The van der Waals surface area contributed by atoms with Gasteiger partial charge in [-0.1, -0.05) is 18.5 Å². The molecule has 1 aromatic heterocycles. The molecule has 1 aliphatic rings. The first kappa shape index (κ1) is 11.1. The van der Waals surface area contributed by atoms with Gasteiger partial charge in [0.25, 0.3) is 0 Å². The maximum Gasteiger partial charge on any atom is 0.306 e. The third-order valence-corrected chi connectivity index (χ3v) is 3.15. The fourth-order valence-corrected chi connectivity index (χ4v) is 1.80. The second-order valence-electron chi connectivity index (χ2n) is 4.01. The van der Waals surface area contributed by atoms with E-state index in [1.54, 1.807) is 19.1 Å². The summed E-state index contributed by atoms with van der Waals surface area (Å²) in [6, 6.07) is 3.47. The summed E-state index contributed by atoms with van der Waals surface area (Å²) in [5, 5.41) is 16.9. The summed E-state index contributed by atoms with van der Waals surface area (Å²) >= 11 is 5.63. The van der Waals surface area contributed by atoms with Crippen molar-refractivity contribution < 1.29 is 9.90 Å². The highest BCUT2D eigenvalue weighted by Crippen LogP contribution is 2.27. The summed E-state index contributed by atoms with van der Waals surface area (Å²) < 4.78 is 0. The molecule has 1 N–H and O–H groups in total. The van der Waals surface area contributed by atoms with Crippen LogP contribution in [0.4, 0.5) is 5.82 Å². The molecule has 1 aliphatic heterocycles. The van der Waals surface area contributed by atoms with Gasteiger partial charge in [0.1, 0.15) is 0 Å². The van der Waals surface area contributed by atoms with Crippen LogP contribution < -0.4 is 4.90 Å². The van der Waals surface area contributed by atoms with Gasteiger partial charge in [0.2, 0.25) is 0 Å².